The topological polar surface area (TPSA) is 89.0 Å². The lowest BCUT2D eigenvalue weighted by atomic mass is 10.2. The number of rotatable bonds is 6. The van der Waals surface area contributed by atoms with Gasteiger partial charge in [0.05, 0.1) is 24.9 Å². The van der Waals surface area contributed by atoms with E-state index < -0.39 is 0 Å². The summed E-state index contributed by atoms with van der Waals surface area (Å²) >= 11 is 0. The van der Waals surface area contributed by atoms with Crippen LogP contribution >= 0.6 is 0 Å². The van der Waals surface area contributed by atoms with Gasteiger partial charge in [-0.3, -0.25) is 9.78 Å². The fourth-order valence-corrected chi connectivity index (χ4v) is 2.09. The van der Waals surface area contributed by atoms with Crippen molar-refractivity contribution >= 4 is 17.5 Å². The predicted molar refractivity (Wildman–Crippen MR) is 94.5 cm³/mol. The Morgan fingerprint density at radius 3 is 2.44 bits per heavy atom. The number of hydrogen-bond acceptors (Lipinski definition) is 6. The van der Waals surface area contributed by atoms with E-state index in [-0.39, 0.29) is 5.91 Å². The monoisotopic (exact) mass is 335 g/mol. The molecule has 0 bridgehead atoms. The van der Waals surface area contributed by atoms with Crippen molar-refractivity contribution in [2.24, 2.45) is 0 Å². The van der Waals surface area contributed by atoms with E-state index in [4.69, 9.17) is 4.74 Å². The molecule has 1 amide bonds. The van der Waals surface area contributed by atoms with E-state index in [0.717, 1.165) is 11.4 Å². The number of methoxy groups -OCH3 is 1. The van der Waals surface area contributed by atoms with Gasteiger partial charge in [-0.25, -0.2) is 9.97 Å². The van der Waals surface area contributed by atoms with Crippen molar-refractivity contribution in [3.63, 3.8) is 0 Å². The van der Waals surface area contributed by atoms with Crippen LogP contribution in [0.1, 0.15) is 16.1 Å². The molecule has 25 heavy (non-hydrogen) atoms. The van der Waals surface area contributed by atoms with Crippen LogP contribution in [0.4, 0.5) is 11.6 Å². The molecule has 7 nitrogen and oxygen atoms in total. The van der Waals surface area contributed by atoms with E-state index in [1.54, 1.807) is 37.6 Å². The summed E-state index contributed by atoms with van der Waals surface area (Å²) in [5, 5.41) is 5.84. The van der Waals surface area contributed by atoms with Gasteiger partial charge in [0.25, 0.3) is 5.91 Å². The number of anilines is 2. The van der Waals surface area contributed by atoms with Crippen molar-refractivity contribution < 1.29 is 9.53 Å². The van der Waals surface area contributed by atoms with Crippen LogP contribution < -0.4 is 15.4 Å². The maximum atomic E-state index is 12.2. The average molecular weight is 335 g/mol. The van der Waals surface area contributed by atoms with Gasteiger partial charge in [0.1, 0.15) is 5.75 Å². The van der Waals surface area contributed by atoms with Crippen molar-refractivity contribution in [2.75, 3.05) is 17.7 Å². The maximum Gasteiger partial charge on any atom is 0.258 e. The molecule has 3 aromatic rings. The normalized spacial score (nSPS) is 10.1. The zero-order valence-corrected chi connectivity index (χ0v) is 13.6. The SMILES string of the molecule is COc1ccc(NC(=O)c2cnc(NCc3ccccn3)nc2)cc1. The van der Waals surface area contributed by atoms with Crippen LogP contribution in [0.25, 0.3) is 0 Å². The number of ether oxygens (including phenoxy) is 1. The fraction of sp³-hybridized carbons (Fsp3) is 0.111. The van der Waals surface area contributed by atoms with Gasteiger partial charge in [0.15, 0.2) is 0 Å². The number of amides is 1. The van der Waals surface area contributed by atoms with Crippen LogP contribution in [0.15, 0.2) is 61.1 Å². The zero-order valence-electron chi connectivity index (χ0n) is 13.6. The molecule has 0 atom stereocenters. The number of hydrogen-bond donors (Lipinski definition) is 2. The molecule has 0 aliphatic carbocycles. The van der Waals surface area contributed by atoms with Gasteiger partial charge < -0.3 is 15.4 Å². The number of carbonyl (C=O) groups excluding carboxylic acids is 1. The minimum Gasteiger partial charge on any atom is -0.497 e. The summed E-state index contributed by atoms with van der Waals surface area (Å²) in [6, 6.07) is 12.8. The standard InChI is InChI=1S/C18H17N5O2/c1-25-16-7-5-14(6-8-16)23-17(24)13-10-20-18(21-11-13)22-12-15-4-2-3-9-19-15/h2-11H,12H2,1H3,(H,23,24)(H,20,21,22). The number of carbonyl (C=O) groups is 1. The van der Waals surface area contributed by atoms with E-state index >= 15 is 0 Å². The van der Waals surface area contributed by atoms with E-state index in [9.17, 15) is 4.79 Å². The Morgan fingerprint density at radius 1 is 1.04 bits per heavy atom. The predicted octanol–water partition coefficient (Wildman–Crippen LogP) is 2.74. The fourth-order valence-electron chi connectivity index (χ4n) is 2.09. The van der Waals surface area contributed by atoms with Crippen molar-refractivity contribution in [3.8, 4) is 5.75 Å². The Kier molecular flexibility index (Phi) is 5.16. The van der Waals surface area contributed by atoms with Crippen molar-refractivity contribution in [1.29, 1.82) is 0 Å². The summed E-state index contributed by atoms with van der Waals surface area (Å²) in [4.78, 5) is 24.7. The molecule has 7 heteroatoms. The second kappa shape index (κ2) is 7.87. The molecule has 0 saturated carbocycles. The van der Waals surface area contributed by atoms with Crippen molar-refractivity contribution in [2.45, 2.75) is 6.54 Å². The molecule has 2 N–H and O–H groups in total. The minimum atomic E-state index is -0.276. The molecule has 0 aliphatic heterocycles. The molecule has 0 aliphatic rings. The Hall–Kier alpha value is -3.48. The van der Waals surface area contributed by atoms with Gasteiger partial charge in [-0.15, -0.1) is 0 Å². The number of benzene rings is 1. The molecule has 3 rings (SSSR count). The largest absolute Gasteiger partial charge is 0.497 e. The van der Waals surface area contributed by atoms with Gasteiger partial charge in [0.2, 0.25) is 5.95 Å². The van der Waals surface area contributed by atoms with E-state index in [1.165, 1.54) is 12.4 Å². The van der Waals surface area contributed by atoms with Crippen LogP contribution in [0.2, 0.25) is 0 Å². The number of pyridine rings is 1. The molecule has 2 aromatic heterocycles. The van der Waals surface area contributed by atoms with Gasteiger partial charge >= 0.3 is 0 Å². The molecule has 0 spiro atoms. The summed E-state index contributed by atoms with van der Waals surface area (Å²) in [5.41, 5.74) is 1.93. The third kappa shape index (κ3) is 4.51. The molecule has 0 unspecified atom stereocenters. The summed E-state index contributed by atoms with van der Waals surface area (Å²) in [6.07, 6.45) is 4.68. The third-order valence-electron chi connectivity index (χ3n) is 3.42. The quantitative estimate of drug-likeness (QED) is 0.720. The van der Waals surface area contributed by atoms with Gasteiger partial charge in [-0.2, -0.15) is 0 Å². The van der Waals surface area contributed by atoms with E-state index in [1.807, 2.05) is 18.2 Å². The van der Waals surface area contributed by atoms with Gasteiger partial charge in [-0.1, -0.05) is 6.07 Å². The number of nitrogens with zero attached hydrogens (tertiary/aromatic N) is 3. The van der Waals surface area contributed by atoms with E-state index in [2.05, 4.69) is 25.6 Å². The highest BCUT2D eigenvalue weighted by atomic mass is 16.5. The lowest BCUT2D eigenvalue weighted by Gasteiger charge is -2.07. The zero-order chi connectivity index (χ0) is 17.5. The molecule has 0 fully saturated rings. The lowest BCUT2D eigenvalue weighted by Crippen LogP contribution is -2.13. The van der Waals surface area contributed by atoms with Crippen molar-refractivity contribution in [3.05, 3.63) is 72.3 Å². The summed E-state index contributed by atoms with van der Waals surface area (Å²) in [5.74, 6) is 0.887. The first-order valence-corrected chi connectivity index (χ1v) is 7.66. The first-order chi connectivity index (χ1) is 12.2. The Bertz CT molecular complexity index is 820. The van der Waals surface area contributed by atoms with Crippen LogP contribution in [0.5, 0.6) is 5.75 Å². The molecule has 2 heterocycles. The van der Waals surface area contributed by atoms with Gasteiger partial charge in [-0.05, 0) is 36.4 Å². The highest BCUT2D eigenvalue weighted by Gasteiger charge is 2.08. The van der Waals surface area contributed by atoms with E-state index in [0.29, 0.717) is 23.7 Å². The van der Waals surface area contributed by atoms with Crippen molar-refractivity contribution in [1.82, 2.24) is 15.0 Å². The molecule has 126 valence electrons. The minimum absolute atomic E-state index is 0.276. The second-order valence-corrected chi connectivity index (χ2v) is 5.15. The lowest BCUT2D eigenvalue weighted by molar-refractivity contribution is 0.102. The maximum absolute atomic E-state index is 12.2. The van der Waals surface area contributed by atoms with Crippen LogP contribution in [0, 0.1) is 0 Å². The first-order valence-electron chi connectivity index (χ1n) is 7.66. The van der Waals surface area contributed by atoms with Crippen LogP contribution in [0.3, 0.4) is 0 Å². The molecule has 0 saturated heterocycles. The molecule has 1 aromatic carbocycles. The third-order valence-corrected chi connectivity index (χ3v) is 3.42. The Balaban J connectivity index is 1.58. The smallest absolute Gasteiger partial charge is 0.258 e. The molecule has 0 radical (unpaired) electrons. The summed E-state index contributed by atoms with van der Waals surface area (Å²) in [7, 11) is 1.59. The van der Waals surface area contributed by atoms with Crippen LogP contribution in [-0.4, -0.2) is 28.0 Å². The Labute approximate surface area is 145 Å². The first kappa shape index (κ1) is 16.4. The van der Waals surface area contributed by atoms with Gasteiger partial charge in [0, 0.05) is 24.3 Å². The highest BCUT2D eigenvalue weighted by molar-refractivity contribution is 6.03. The average Bonchev–Trinajstić information content (AvgIpc) is 2.68. The second-order valence-electron chi connectivity index (χ2n) is 5.15. The summed E-state index contributed by atoms with van der Waals surface area (Å²) < 4.78 is 5.08. The molecular formula is C18H17N5O2. The molecular weight excluding hydrogens is 318 g/mol. The Morgan fingerprint density at radius 2 is 1.80 bits per heavy atom. The van der Waals surface area contributed by atoms with Crippen LogP contribution in [-0.2, 0) is 6.54 Å². The highest BCUT2D eigenvalue weighted by Crippen LogP contribution is 2.15. The number of aromatic nitrogens is 3. The summed E-state index contributed by atoms with van der Waals surface area (Å²) in [6.45, 7) is 0.512. The number of nitrogens with one attached hydrogen (secondary N) is 2.